The summed E-state index contributed by atoms with van der Waals surface area (Å²) in [4.78, 5) is 2.58. The third-order valence-electron chi connectivity index (χ3n) is 4.11. The molecule has 0 spiro atoms. The second-order valence-corrected chi connectivity index (χ2v) is 6.13. The van der Waals surface area contributed by atoms with Gasteiger partial charge in [-0.2, -0.15) is 0 Å². The van der Waals surface area contributed by atoms with Crippen LogP contribution in [-0.2, 0) is 4.74 Å². The first-order chi connectivity index (χ1) is 7.25. The number of hydrogen-bond acceptors (Lipinski definition) is 2. The summed E-state index contributed by atoms with van der Waals surface area (Å²) in [5.74, 6) is 1.03. The normalized spacial score (nSPS) is 30.9. The van der Waals surface area contributed by atoms with E-state index in [9.17, 15) is 0 Å². The Kier molecular flexibility index (Phi) is 4.07. The van der Waals surface area contributed by atoms with Gasteiger partial charge in [0.25, 0.3) is 0 Å². The number of ether oxygens (including phenoxy) is 1. The highest BCUT2D eigenvalue weighted by Crippen LogP contribution is 2.44. The molecule has 0 saturated carbocycles. The fourth-order valence-corrected chi connectivity index (χ4v) is 3.41. The minimum absolute atomic E-state index is 0.0903. The van der Waals surface area contributed by atoms with Gasteiger partial charge in [0, 0.05) is 12.1 Å². The lowest BCUT2D eigenvalue weighted by Gasteiger charge is -2.47. The molecule has 0 aromatic rings. The van der Waals surface area contributed by atoms with Gasteiger partial charge in [0.2, 0.25) is 0 Å². The Bertz CT molecular complexity index is 227. The maximum atomic E-state index is 6.38. The average Bonchev–Trinajstić information content (AvgIpc) is 2.40. The minimum atomic E-state index is -0.0903. The van der Waals surface area contributed by atoms with E-state index in [1.807, 2.05) is 0 Å². The van der Waals surface area contributed by atoms with Crippen molar-refractivity contribution in [3.05, 3.63) is 0 Å². The molecule has 0 radical (unpaired) electrons. The monoisotopic (exact) mass is 227 g/mol. The van der Waals surface area contributed by atoms with Gasteiger partial charge in [-0.05, 0) is 39.5 Å². The summed E-state index contributed by atoms with van der Waals surface area (Å²) in [7, 11) is 0. The average molecular weight is 227 g/mol. The molecule has 1 aliphatic heterocycles. The van der Waals surface area contributed by atoms with E-state index in [0.29, 0.717) is 30.0 Å². The summed E-state index contributed by atoms with van der Waals surface area (Å²) in [6.45, 7) is 18.2. The molecule has 16 heavy (non-hydrogen) atoms. The first-order valence-electron chi connectivity index (χ1n) is 6.71. The molecule has 0 amide bonds. The summed E-state index contributed by atoms with van der Waals surface area (Å²) in [5.41, 5.74) is -0.0903. The van der Waals surface area contributed by atoms with Crippen molar-refractivity contribution in [1.82, 2.24) is 4.90 Å². The zero-order valence-corrected chi connectivity index (χ0v) is 12.2. The van der Waals surface area contributed by atoms with Gasteiger partial charge in [0.15, 0.2) is 0 Å². The van der Waals surface area contributed by atoms with Crippen molar-refractivity contribution in [1.29, 1.82) is 0 Å². The molecule has 1 rings (SSSR count). The third kappa shape index (κ3) is 1.91. The maximum Gasteiger partial charge on any atom is 0.127 e. The smallest absolute Gasteiger partial charge is 0.127 e. The molecule has 96 valence electrons. The molecule has 1 heterocycles. The molecule has 2 nitrogen and oxygen atoms in total. The summed E-state index contributed by atoms with van der Waals surface area (Å²) in [6.07, 6.45) is 0.326. The number of hydrogen-bond donors (Lipinski definition) is 0. The lowest BCUT2D eigenvalue weighted by Crippen LogP contribution is -2.57. The van der Waals surface area contributed by atoms with Gasteiger partial charge < -0.3 is 4.74 Å². The van der Waals surface area contributed by atoms with Gasteiger partial charge in [-0.15, -0.1) is 0 Å². The molecule has 1 saturated heterocycles. The molecule has 0 N–H and O–H groups in total. The van der Waals surface area contributed by atoms with Crippen molar-refractivity contribution in [3.8, 4) is 0 Å². The summed E-state index contributed by atoms with van der Waals surface area (Å²) in [6, 6.07) is 1.04. The fourth-order valence-electron chi connectivity index (χ4n) is 3.41. The van der Waals surface area contributed by atoms with E-state index < -0.39 is 0 Å². The van der Waals surface area contributed by atoms with Crippen molar-refractivity contribution >= 4 is 0 Å². The van der Waals surface area contributed by atoms with E-state index in [2.05, 4.69) is 60.3 Å². The number of nitrogens with zero attached hydrogens (tertiary/aromatic N) is 1. The quantitative estimate of drug-likeness (QED) is 0.731. The molecule has 0 unspecified atom stereocenters. The fraction of sp³-hybridized carbons (Fsp3) is 1.00. The zero-order chi connectivity index (χ0) is 12.7. The zero-order valence-electron chi connectivity index (χ0n) is 12.2. The maximum absolute atomic E-state index is 6.38. The standard InChI is InChI=1S/C14H29NO/c1-9(2)14(10(3)4)15(11(5)6)12(7)13(8)16-14/h9-13H,1-8H3/t12-,13+/m0/s1. The van der Waals surface area contributed by atoms with E-state index in [1.54, 1.807) is 0 Å². The molecule has 2 atom stereocenters. The molecular weight excluding hydrogens is 198 g/mol. The van der Waals surface area contributed by atoms with Crippen molar-refractivity contribution in [3.63, 3.8) is 0 Å². The first-order valence-corrected chi connectivity index (χ1v) is 6.71. The van der Waals surface area contributed by atoms with Crippen LogP contribution in [0, 0.1) is 11.8 Å². The van der Waals surface area contributed by atoms with Gasteiger partial charge in [-0.3, -0.25) is 4.90 Å². The van der Waals surface area contributed by atoms with Crippen molar-refractivity contribution in [2.45, 2.75) is 79.3 Å². The van der Waals surface area contributed by atoms with Gasteiger partial charge in [0.1, 0.15) is 5.72 Å². The van der Waals surface area contributed by atoms with E-state index in [1.165, 1.54) is 0 Å². The molecular formula is C14H29NO. The highest BCUT2D eigenvalue weighted by atomic mass is 16.5. The lowest BCUT2D eigenvalue weighted by atomic mass is 9.86. The summed E-state index contributed by atoms with van der Waals surface area (Å²) in [5, 5.41) is 0. The Morgan fingerprint density at radius 2 is 1.38 bits per heavy atom. The van der Waals surface area contributed by atoms with Crippen LogP contribution in [-0.4, -0.2) is 28.8 Å². The highest BCUT2D eigenvalue weighted by Gasteiger charge is 2.54. The van der Waals surface area contributed by atoms with Crippen LogP contribution in [0.2, 0.25) is 0 Å². The Labute approximate surface area is 101 Å². The Hall–Kier alpha value is -0.0800. The van der Waals surface area contributed by atoms with Crippen LogP contribution in [0.25, 0.3) is 0 Å². The van der Waals surface area contributed by atoms with Gasteiger partial charge >= 0.3 is 0 Å². The van der Waals surface area contributed by atoms with Crippen LogP contribution in [0.4, 0.5) is 0 Å². The predicted molar refractivity (Wildman–Crippen MR) is 69.4 cm³/mol. The first kappa shape index (κ1) is 14.0. The number of rotatable bonds is 3. The summed E-state index contributed by atoms with van der Waals surface area (Å²) < 4.78 is 6.38. The van der Waals surface area contributed by atoms with E-state index in [0.717, 1.165) is 0 Å². The Morgan fingerprint density at radius 1 is 0.938 bits per heavy atom. The molecule has 1 aliphatic rings. The highest BCUT2D eigenvalue weighted by molar-refractivity contribution is 4.99. The van der Waals surface area contributed by atoms with Gasteiger partial charge in [-0.1, -0.05) is 27.7 Å². The van der Waals surface area contributed by atoms with Crippen LogP contribution in [0.15, 0.2) is 0 Å². The van der Waals surface area contributed by atoms with Gasteiger partial charge in [0.05, 0.1) is 6.10 Å². The SMILES string of the molecule is CC(C)N1[C@@H](C)[C@@H](C)OC1(C(C)C)C(C)C. The molecule has 0 aliphatic carbocycles. The van der Waals surface area contributed by atoms with Crippen LogP contribution in [0.1, 0.15) is 55.4 Å². The van der Waals surface area contributed by atoms with Crippen LogP contribution in [0.5, 0.6) is 0 Å². The molecule has 0 bridgehead atoms. The predicted octanol–water partition coefficient (Wildman–Crippen LogP) is 3.51. The molecule has 0 aromatic carbocycles. The van der Waals surface area contributed by atoms with Crippen LogP contribution >= 0.6 is 0 Å². The van der Waals surface area contributed by atoms with Crippen molar-refractivity contribution in [2.75, 3.05) is 0 Å². The van der Waals surface area contributed by atoms with Crippen LogP contribution in [0.3, 0.4) is 0 Å². The molecule has 0 aromatic heterocycles. The third-order valence-corrected chi connectivity index (χ3v) is 4.11. The topological polar surface area (TPSA) is 12.5 Å². The molecule has 2 heteroatoms. The van der Waals surface area contributed by atoms with Gasteiger partial charge in [-0.25, -0.2) is 0 Å². The van der Waals surface area contributed by atoms with Crippen molar-refractivity contribution < 1.29 is 4.74 Å². The lowest BCUT2D eigenvalue weighted by molar-refractivity contribution is -0.173. The van der Waals surface area contributed by atoms with E-state index in [4.69, 9.17) is 4.74 Å². The van der Waals surface area contributed by atoms with E-state index >= 15 is 0 Å². The van der Waals surface area contributed by atoms with Crippen LogP contribution < -0.4 is 0 Å². The van der Waals surface area contributed by atoms with E-state index in [-0.39, 0.29) is 5.72 Å². The Morgan fingerprint density at radius 3 is 1.62 bits per heavy atom. The van der Waals surface area contributed by atoms with Crippen molar-refractivity contribution in [2.24, 2.45) is 11.8 Å². The second-order valence-electron chi connectivity index (χ2n) is 6.13. The largest absolute Gasteiger partial charge is 0.355 e. The molecule has 1 fully saturated rings. The summed E-state index contributed by atoms with van der Waals surface area (Å²) >= 11 is 0. The second kappa shape index (κ2) is 4.66. The Balaban J connectivity index is 3.16. The minimum Gasteiger partial charge on any atom is -0.355 e.